The molecule has 1 saturated carbocycles. The van der Waals surface area contributed by atoms with Crippen LogP contribution in [-0.4, -0.2) is 36.5 Å². The molecule has 0 aromatic carbocycles. The van der Waals surface area contributed by atoms with Gasteiger partial charge in [-0.2, -0.15) is 0 Å². The first-order valence-electron chi connectivity index (χ1n) is 6.22. The lowest BCUT2D eigenvalue weighted by Crippen LogP contribution is -2.58. The van der Waals surface area contributed by atoms with Crippen molar-refractivity contribution in [2.75, 3.05) is 19.8 Å². The van der Waals surface area contributed by atoms with Crippen molar-refractivity contribution in [2.24, 2.45) is 5.92 Å². The molecular weight excluding hydrogens is 190 g/mol. The molecule has 3 nitrogen and oxygen atoms in total. The van der Waals surface area contributed by atoms with Crippen molar-refractivity contribution in [3.63, 3.8) is 0 Å². The normalized spacial score (nSPS) is 28.4. The summed E-state index contributed by atoms with van der Waals surface area (Å²) in [6.07, 6.45) is 5.85. The van der Waals surface area contributed by atoms with Crippen LogP contribution in [0.15, 0.2) is 0 Å². The van der Waals surface area contributed by atoms with Gasteiger partial charge in [0, 0.05) is 24.8 Å². The van der Waals surface area contributed by atoms with Gasteiger partial charge in [-0.1, -0.05) is 0 Å². The third-order valence-corrected chi connectivity index (χ3v) is 4.12. The fourth-order valence-corrected chi connectivity index (χ4v) is 2.77. The van der Waals surface area contributed by atoms with E-state index in [2.05, 4.69) is 12.2 Å². The van der Waals surface area contributed by atoms with Crippen molar-refractivity contribution in [1.82, 2.24) is 5.32 Å². The van der Waals surface area contributed by atoms with Crippen LogP contribution in [0, 0.1) is 5.92 Å². The van der Waals surface area contributed by atoms with E-state index in [1.54, 1.807) is 0 Å². The Morgan fingerprint density at radius 2 is 2.07 bits per heavy atom. The van der Waals surface area contributed by atoms with E-state index >= 15 is 0 Å². The molecule has 0 spiro atoms. The summed E-state index contributed by atoms with van der Waals surface area (Å²) in [5.41, 5.74) is 0.0533. The summed E-state index contributed by atoms with van der Waals surface area (Å²) in [6, 6.07) is 0.515. The standard InChI is InChI=1S/C12H23NO2/c1-10(11-3-7-15-8-4-11)13-12(9-14)5-2-6-12/h10-11,13-14H,2-9H2,1H3. The molecule has 2 rings (SSSR count). The Morgan fingerprint density at radius 3 is 2.53 bits per heavy atom. The molecule has 2 N–H and O–H groups in total. The van der Waals surface area contributed by atoms with E-state index in [-0.39, 0.29) is 5.54 Å². The van der Waals surface area contributed by atoms with E-state index in [0.29, 0.717) is 12.6 Å². The second-order valence-corrected chi connectivity index (χ2v) is 5.17. The van der Waals surface area contributed by atoms with Crippen LogP contribution in [-0.2, 0) is 4.74 Å². The minimum atomic E-state index is 0.0533. The number of aliphatic hydroxyl groups is 1. The third-order valence-electron chi connectivity index (χ3n) is 4.12. The molecule has 2 aliphatic rings. The maximum atomic E-state index is 9.40. The van der Waals surface area contributed by atoms with E-state index in [0.717, 1.165) is 44.8 Å². The Kier molecular flexibility index (Phi) is 3.65. The van der Waals surface area contributed by atoms with E-state index in [1.807, 2.05) is 0 Å². The van der Waals surface area contributed by atoms with Crippen LogP contribution in [0.2, 0.25) is 0 Å². The van der Waals surface area contributed by atoms with Crippen molar-refractivity contribution < 1.29 is 9.84 Å². The van der Waals surface area contributed by atoms with E-state index in [1.165, 1.54) is 6.42 Å². The molecule has 1 saturated heterocycles. The van der Waals surface area contributed by atoms with Crippen molar-refractivity contribution in [3.05, 3.63) is 0 Å². The molecule has 2 fully saturated rings. The fourth-order valence-electron chi connectivity index (χ4n) is 2.77. The van der Waals surface area contributed by atoms with Gasteiger partial charge < -0.3 is 15.2 Å². The van der Waals surface area contributed by atoms with Gasteiger partial charge in [0.05, 0.1) is 6.61 Å². The highest BCUT2D eigenvalue weighted by Gasteiger charge is 2.38. The molecule has 0 radical (unpaired) electrons. The quantitative estimate of drug-likeness (QED) is 0.740. The second-order valence-electron chi connectivity index (χ2n) is 5.17. The Bertz CT molecular complexity index is 192. The minimum Gasteiger partial charge on any atom is -0.394 e. The zero-order valence-electron chi connectivity index (χ0n) is 9.67. The van der Waals surface area contributed by atoms with E-state index < -0.39 is 0 Å². The molecule has 15 heavy (non-hydrogen) atoms. The summed E-state index contributed by atoms with van der Waals surface area (Å²) in [4.78, 5) is 0. The first kappa shape index (κ1) is 11.4. The van der Waals surface area contributed by atoms with E-state index in [4.69, 9.17) is 4.74 Å². The number of hydrogen-bond acceptors (Lipinski definition) is 3. The van der Waals surface area contributed by atoms with Crippen LogP contribution in [0.25, 0.3) is 0 Å². The average molecular weight is 213 g/mol. The van der Waals surface area contributed by atoms with Crippen molar-refractivity contribution in [1.29, 1.82) is 0 Å². The number of ether oxygens (including phenoxy) is 1. The Hall–Kier alpha value is -0.120. The van der Waals surface area contributed by atoms with Gasteiger partial charge in [-0.05, 0) is 44.9 Å². The van der Waals surface area contributed by atoms with Gasteiger partial charge in [0.15, 0.2) is 0 Å². The Labute approximate surface area is 92.2 Å². The predicted octanol–water partition coefficient (Wildman–Crippen LogP) is 1.31. The molecule has 88 valence electrons. The van der Waals surface area contributed by atoms with Gasteiger partial charge in [-0.25, -0.2) is 0 Å². The molecular formula is C12H23NO2. The SMILES string of the molecule is CC(NC1(CO)CCC1)C1CCOCC1. The van der Waals surface area contributed by atoms with Crippen LogP contribution < -0.4 is 5.32 Å². The number of aliphatic hydroxyl groups excluding tert-OH is 1. The Balaban J connectivity index is 1.82. The zero-order chi connectivity index (χ0) is 10.7. The summed E-state index contributed by atoms with van der Waals surface area (Å²) in [7, 11) is 0. The average Bonchev–Trinajstić information content (AvgIpc) is 2.24. The van der Waals surface area contributed by atoms with Gasteiger partial charge in [0.25, 0.3) is 0 Å². The maximum Gasteiger partial charge on any atom is 0.0613 e. The monoisotopic (exact) mass is 213 g/mol. The van der Waals surface area contributed by atoms with Gasteiger partial charge in [0.1, 0.15) is 0 Å². The number of rotatable bonds is 4. The van der Waals surface area contributed by atoms with Crippen LogP contribution in [0.4, 0.5) is 0 Å². The predicted molar refractivity (Wildman–Crippen MR) is 59.8 cm³/mol. The molecule has 1 unspecified atom stereocenters. The van der Waals surface area contributed by atoms with Gasteiger partial charge in [-0.3, -0.25) is 0 Å². The molecule has 3 heteroatoms. The lowest BCUT2D eigenvalue weighted by atomic mass is 9.76. The summed E-state index contributed by atoms with van der Waals surface area (Å²) in [6.45, 7) is 4.36. The lowest BCUT2D eigenvalue weighted by molar-refractivity contribution is 0.0305. The highest BCUT2D eigenvalue weighted by Crippen LogP contribution is 2.33. The molecule has 1 heterocycles. The molecule has 0 bridgehead atoms. The van der Waals surface area contributed by atoms with Crippen molar-refractivity contribution in [3.8, 4) is 0 Å². The first-order valence-corrected chi connectivity index (χ1v) is 6.22. The third kappa shape index (κ3) is 2.52. The number of nitrogens with one attached hydrogen (secondary N) is 1. The van der Waals surface area contributed by atoms with Gasteiger partial charge >= 0.3 is 0 Å². The Morgan fingerprint density at radius 1 is 1.40 bits per heavy atom. The largest absolute Gasteiger partial charge is 0.394 e. The van der Waals surface area contributed by atoms with Crippen LogP contribution in [0.3, 0.4) is 0 Å². The highest BCUT2D eigenvalue weighted by molar-refractivity contribution is 4.97. The summed E-state index contributed by atoms with van der Waals surface area (Å²) >= 11 is 0. The molecule has 1 aliphatic heterocycles. The summed E-state index contributed by atoms with van der Waals surface area (Å²) in [5, 5.41) is 13.0. The zero-order valence-corrected chi connectivity index (χ0v) is 9.67. The summed E-state index contributed by atoms with van der Waals surface area (Å²) in [5.74, 6) is 0.725. The van der Waals surface area contributed by atoms with E-state index in [9.17, 15) is 5.11 Å². The molecule has 1 aliphatic carbocycles. The molecule has 0 amide bonds. The fraction of sp³-hybridized carbons (Fsp3) is 1.00. The highest BCUT2D eigenvalue weighted by atomic mass is 16.5. The van der Waals surface area contributed by atoms with Crippen molar-refractivity contribution >= 4 is 0 Å². The topological polar surface area (TPSA) is 41.5 Å². The van der Waals surface area contributed by atoms with Crippen LogP contribution in [0.1, 0.15) is 39.0 Å². The minimum absolute atomic E-state index is 0.0533. The maximum absolute atomic E-state index is 9.40. The van der Waals surface area contributed by atoms with Crippen LogP contribution in [0.5, 0.6) is 0 Å². The number of hydrogen-bond donors (Lipinski definition) is 2. The summed E-state index contributed by atoms with van der Waals surface area (Å²) < 4.78 is 5.37. The van der Waals surface area contributed by atoms with Crippen LogP contribution >= 0.6 is 0 Å². The molecule has 0 aromatic rings. The van der Waals surface area contributed by atoms with Gasteiger partial charge in [0.2, 0.25) is 0 Å². The molecule has 1 atom stereocenters. The lowest BCUT2D eigenvalue weighted by Gasteiger charge is -2.45. The molecule has 0 aromatic heterocycles. The second kappa shape index (κ2) is 4.81. The van der Waals surface area contributed by atoms with Crippen molar-refractivity contribution in [2.45, 2.75) is 50.6 Å². The smallest absolute Gasteiger partial charge is 0.0613 e. The van der Waals surface area contributed by atoms with Gasteiger partial charge in [-0.15, -0.1) is 0 Å². The first-order chi connectivity index (χ1) is 7.26.